The number of amides is 3. The highest BCUT2D eigenvalue weighted by Crippen LogP contribution is 2.26. The van der Waals surface area contributed by atoms with Gasteiger partial charge >= 0.3 is 11.7 Å². The van der Waals surface area contributed by atoms with Crippen molar-refractivity contribution in [2.24, 2.45) is 5.73 Å². The third-order valence-electron chi connectivity index (χ3n) is 5.93. The molecule has 0 saturated carbocycles. The second-order valence-corrected chi connectivity index (χ2v) is 7.75. The van der Waals surface area contributed by atoms with Crippen molar-refractivity contribution in [3.63, 3.8) is 0 Å². The van der Waals surface area contributed by atoms with Gasteiger partial charge in [-0.2, -0.15) is 5.26 Å². The molecule has 3 rings (SSSR count). The molecule has 0 unspecified atom stereocenters. The first-order chi connectivity index (χ1) is 15.7. The number of primary amides is 1. The number of nitrogens with two attached hydrogens (primary N) is 1. The summed E-state index contributed by atoms with van der Waals surface area (Å²) in [7, 11) is 1.31. The fourth-order valence-electron chi connectivity index (χ4n) is 4.01. The van der Waals surface area contributed by atoms with Crippen molar-refractivity contribution in [2.75, 3.05) is 25.0 Å². The average molecular weight is 449 g/mol. The third-order valence-corrected chi connectivity index (χ3v) is 5.93. The molecule has 0 fully saturated rings. The molecule has 0 atom stereocenters. The Morgan fingerprint density at radius 3 is 2.27 bits per heavy atom. The lowest BCUT2D eigenvalue weighted by molar-refractivity contribution is -0.126. The molecule has 33 heavy (non-hydrogen) atoms. The SMILES string of the molecule is CCN(CC)c1ccc(-n2c(=O)n(CC#N)c3c(CC(=O)N(C)C(N)=O)c(C)ccc32)cc1. The normalized spacial score (nSPS) is 10.8. The lowest BCUT2D eigenvalue weighted by Crippen LogP contribution is -2.38. The molecule has 0 radical (unpaired) electrons. The standard InChI is InChI=1S/C24H28N6O3/c1-5-28(6-2)17-8-10-18(11-9-17)30-20-12-7-16(3)19(15-21(31)27(4)23(26)32)22(20)29(14-13-25)24(30)33/h7-12H,5-6,14-15H2,1-4H3,(H2,26,32). The minimum Gasteiger partial charge on any atom is -0.372 e. The van der Waals surface area contributed by atoms with Crippen LogP contribution >= 0.6 is 0 Å². The van der Waals surface area contributed by atoms with Crippen LogP contribution in [0.5, 0.6) is 0 Å². The highest BCUT2D eigenvalue weighted by Gasteiger charge is 2.22. The maximum absolute atomic E-state index is 13.4. The number of likely N-dealkylation sites (N-methyl/N-ethyl adjacent to an activating group) is 1. The first-order valence-corrected chi connectivity index (χ1v) is 10.8. The number of carbonyl (C=O) groups is 2. The van der Waals surface area contributed by atoms with Gasteiger partial charge in [0.25, 0.3) is 0 Å². The summed E-state index contributed by atoms with van der Waals surface area (Å²) >= 11 is 0. The molecule has 1 heterocycles. The van der Waals surface area contributed by atoms with E-state index in [1.807, 2.05) is 49.4 Å². The Hall–Kier alpha value is -4.06. The number of benzene rings is 2. The molecule has 0 aliphatic heterocycles. The van der Waals surface area contributed by atoms with Crippen molar-refractivity contribution in [3.05, 3.63) is 58.0 Å². The highest BCUT2D eigenvalue weighted by molar-refractivity contribution is 5.96. The number of aromatic nitrogens is 2. The molecule has 0 aliphatic carbocycles. The summed E-state index contributed by atoms with van der Waals surface area (Å²) < 4.78 is 2.91. The molecule has 9 nitrogen and oxygen atoms in total. The second-order valence-electron chi connectivity index (χ2n) is 7.75. The monoisotopic (exact) mass is 448 g/mol. The Morgan fingerprint density at radius 1 is 1.09 bits per heavy atom. The van der Waals surface area contributed by atoms with E-state index in [-0.39, 0.29) is 18.7 Å². The van der Waals surface area contributed by atoms with Crippen molar-refractivity contribution in [1.29, 1.82) is 5.26 Å². The van der Waals surface area contributed by atoms with E-state index >= 15 is 0 Å². The number of carbonyl (C=O) groups excluding carboxylic acids is 2. The van der Waals surface area contributed by atoms with Gasteiger partial charge in [-0.1, -0.05) is 6.07 Å². The zero-order valence-electron chi connectivity index (χ0n) is 19.3. The van der Waals surface area contributed by atoms with Gasteiger partial charge in [-0.05, 0) is 62.2 Å². The summed E-state index contributed by atoms with van der Waals surface area (Å²) in [5.74, 6) is -0.495. The Kier molecular flexibility index (Phi) is 6.87. The number of fused-ring (bicyclic) bond motifs is 1. The predicted molar refractivity (Wildman–Crippen MR) is 128 cm³/mol. The van der Waals surface area contributed by atoms with Crippen LogP contribution in [0.3, 0.4) is 0 Å². The van der Waals surface area contributed by atoms with Crippen LogP contribution in [-0.2, 0) is 17.8 Å². The van der Waals surface area contributed by atoms with E-state index in [4.69, 9.17) is 5.73 Å². The van der Waals surface area contributed by atoms with Crippen molar-refractivity contribution < 1.29 is 9.59 Å². The number of imidazole rings is 1. The Balaban J connectivity index is 2.22. The van der Waals surface area contributed by atoms with E-state index in [9.17, 15) is 19.6 Å². The van der Waals surface area contributed by atoms with Crippen LogP contribution in [0.15, 0.2) is 41.2 Å². The van der Waals surface area contributed by atoms with E-state index in [1.54, 1.807) is 4.57 Å². The minimum absolute atomic E-state index is 0.127. The topological polar surface area (TPSA) is 117 Å². The molecule has 3 amide bonds. The van der Waals surface area contributed by atoms with Crippen molar-refractivity contribution >= 4 is 28.7 Å². The molecule has 3 aromatic rings. The maximum Gasteiger partial charge on any atom is 0.334 e. The lowest BCUT2D eigenvalue weighted by atomic mass is 10.0. The molecule has 9 heteroatoms. The summed E-state index contributed by atoms with van der Waals surface area (Å²) in [5, 5.41) is 9.38. The summed E-state index contributed by atoms with van der Waals surface area (Å²) in [5.41, 5.74) is 9.01. The van der Waals surface area contributed by atoms with Crippen LogP contribution in [0.25, 0.3) is 16.7 Å². The molecule has 0 bridgehead atoms. The van der Waals surface area contributed by atoms with E-state index < -0.39 is 11.9 Å². The van der Waals surface area contributed by atoms with Crippen LogP contribution in [0.2, 0.25) is 0 Å². The number of hydrogen-bond acceptors (Lipinski definition) is 5. The molecule has 2 aromatic carbocycles. The van der Waals surface area contributed by atoms with E-state index in [0.717, 1.165) is 29.2 Å². The van der Waals surface area contributed by atoms with Gasteiger partial charge in [0, 0.05) is 25.8 Å². The van der Waals surface area contributed by atoms with Crippen LogP contribution in [0, 0.1) is 18.3 Å². The Labute approximate surface area is 192 Å². The first kappa shape index (κ1) is 23.6. The number of anilines is 1. The fraction of sp³-hybridized carbons (Fsp3) is 0.333. The lowest BCUT2D eigenvalue weighted by Gasteiger charge is -2.21. The molecule has 0 spiro atoms. The largest absolute Gasteiger partial charge is 0.372 e. The van der Waals surface area contributed by atoms with Gasteiger partial charge in [0.2, 0.25) is 5.91 Å². The molecule has 2 N–H and O–H groups in total. The van der Waals surface area contributed by atoms with Crippen LogP contribution in [-0.4, -0.2) is 46.1 Å². The fourth-order valence-corrected chi connectivity index (χ4v) is 4.01. The predicted octanol–water partition coefficient (Wildman–Crippen LogP) is 2.55. The maximum atomic E-state index is 13.4. The van der Waals surface area contributed by atoms with Gasteiger partial charge in [-0.25, -0.2) is 9.59 Å². The molecule has 0 aliphatic rings. The number of hydrogen-bond donors (Lipinski definition) is 1. The minimum atomic E-state index is -0.856. The quantitative estimate of drug-likeness (QED) is 0.596. The van der Waals surface area contributed by atoms with Gasteiger partial charge in [-0.15, -0.1) is 0 Å². The number of aryl methyl sites for hydroxylation is 1. The van der Waals surface area contributed by atoms with E-state index in [1.165, 1.54) is 11.6 Å². The molecule has 172 valence electrons. The number of nitrogens with zero attached hydrogens (tertiary/aromatic N) is 5. The highest BCUT2D eigenvalue weighted by atomic mass is 16.2. The molecule has 0 saturated heterocycles. The number of rotatable bonds is 7. The van der Waals surface area contributed by atoms with Crippen molar-refractivity contribution in [1.82, 2.24) is 14.0 Å². The average Bonchev–Trinajstić information content (AvgIpc) is 3.08. The van der Waals surface area contributed by atoms with Crippen LogP contribution < -0.4 is 16.3 Å². The van der Waals surface area contributed by atoms with Gasteiger partial charge in [0.15, 0.2) is 0 Å². The summed E-state index contributed by atoms with van der Waals surface area (Å²) in [4.78, 5) is 40.5. The summed E-state index contributed by atoms with van der Waals surface area (Å²) in [6.07, 6.45) is -0.127. The summed E-state index contributed by atoms with van der Waals surface area (Å²) in [6, 6.07) is 12.5. The third kappa shape index (κ3) is 4.32. The van der Waals surface area contributed by atoms with Gasteiger partial charge in [0.1, 0.15) is 6.54 Å². The summed E-state index contributed by atoms with van der Waals surface area (Å²) in [6.45, 7) is 7.55. The second kappa shape index (κ2) is 9.61. The van der Waals surface area contributed by atoms with Crippen molar-refractivity contribution in [3.8, 4) is 11.8 Å². The zero-order chi connectivity index (χ0) is 24.3. The number of nitriles is 1. The molecule has 1 aromatic heterocycles. The van der Waals surface area contributed by atoms with Gasteiger partial charge < -0.3 is 10.6 Å². The van der Waals surface area contributed by atoms with Crippen LogP contribution in [0.4, 0.5) is 10.5 Å². The van der Waals surface area contributed by atoms with Gasteiger partial charge in [-0.3, -0.25) is 18.8 Å². The Bertz CT molecular complexity index is 1290. The first-order valence-electron chi connectivity index (χ1n) is 10.8. The van der Waals surface area contributed by atoms with E-state index in [0.29, 0.717) is 22.3 Å². The molecular weight excluding hydrogens is 420 g/mol. The van der Waals surface area contributed by atoms with Crippen LogP contribution in [0.1, 0.15) is 25.0 Å². The molecular formula is C24H28N6O3. The zero-order valence-corrected chi connectivity index (χ0v) is 19.3. The smallest absolute Gasteiger partial charge is 0.334 e. The van der Waals surface area contributed by atoms with Gasteiger partial charge in [0.05, 0.1) is 29.2 Å². The van der Waals surface area contributed by atoms with E-state index in [2.05, 4.69) is 18.7 Å². The van der Waals surface area contributed by atoms with Crippen molar-refractivity contribution in [2.45, 2.75) is 33.7 Å². The Morgan fingerprint density at radius 2 is 1.73 bits per heavy atom. The number of imide groups is 1. The number of urea groups is 1.